The van der Waals surface area contributed by atoms with Crippen molar-refractivity contribution in [2.45, 2.75) is 6.42 Å². The van der Waals surface area contributed by atoms with E-state index in [1.165, 1.54) is 48.6 Å². The first kappa shape index (κ1) is 19.1. The molecule has 0 aliphatic heterocycles. The molecule has 1 heterocycles. The molecule has 2 amide bonds. The largest absolute Gasteiger partial charge is 0.385 e. The second kappa shape index (κ2) is 9.28. The molecule has 1 N–H and O–H groups in total. The van der Waals surface area contributed by atoms with Crippen molar-refractivity contribution in [2.24, 2.45) is 0 Å². The number of carbonyl (C=O) groups excluding carboxylic acids is 2. The summed E-state index contributed by atoms with van der Waals surface area (Å²) in [5.74, 6) is -0.718. The van der Waals surface area contributed by atoms with E-state index < -0.39 is 16.7 Å². The Kier molecular flexibility index (Phi) is 6.80. The molecule has 138 valence electrons. The monoisotopic (exact) mass is 362 g/mol. The van der Waals surface area contributed by atoms with Gasteiger partial charge in [0.15, 0.2) is 5.82 Å². The van der Waals surface area contributed by atoms with Gasteiger partial charge in [-0.05, 0) is 12.5 Å². The van der Waals surface area contributed by atoms with Crippen molar-refractivity contribution in [2.75, 3.05) is 32.1 Å². The highest BCUT2D eigenvalue weighted by atomic mass is 16.6. The Morgan fingerprint density at radius 3 is 2.85 bits per heavy atom. The van der Waals surface area contributed by atoms with E-state index in [4.69, 9.17) is 4.74 Å². The molecule has 0 radical (unpaired) electrons. The van der Waals surface area contributed by atoms with Crippen molar-refractivity contribution in [3.63, 3.8) is 0 Å². The molecule has 0 fully saturated rings. The van der Waals surface area contributed by atoms with Gasteiger partial charge in [-0.2, -0.15) is 0 Å². The third kappa shape index (κ3) is 5.38. The predicted molar refractivity (Wildman–Crippen MR) is 90.6 cm³/mol. The first-order valence-corrected chi connectivity index (χ1v) is 7.74. The molecule has 0 saturated carbocycles. The van der Waals surface area contributed by atoms with Crippen LogP contribution in [-0.2, 0) is 9.53 Å². The van der Waals surface area contributed by atoms with E-state index in [-0.39, 0.29) is 30.2 Å². The van der Waals surface area contributed by atoms with Gasteiger partial charge in [-0.25, -0.2) is 0 Å². The van der Waals surface area contributed by atoms with Crippen LogP contribution in [0.1, 0.15) is 16.8 Å². The van der Waals surface area contributed by atoms with Crippen molar-refractivity contribution in [3.05, 3.63) is 52.3 Å². The normalized spacial score (nSPS) is 10.3. The summed E-state index contributed by atoms with van der Waals surface area (Å²) in [6.45, 7) is 0.420. The van der Waals surface area contributed by atoms with Gasteiger partial charge in [0.2, 0.25) is 5.91 Å². The van der Waals surface area contributed by atoms with E-state index in [1.807, 2.05) is 0 Å². The Morgan fingerprint density at radius 2 is 2.19 bits per heavy atom. The zero-order valence-electron chi connectivity index (χ0n) is 14.1. The number of amides is 2. The third-order valence-corrected chi connectivity index (χ3v) is 3.41. The summed E-state index contributed by atoms with van der Waals surface area (Å²) >= 11 is 0. The van der Waals surface area contributed by atoms with Crippen LogP contribution in [0.15, 0.2) is 41.1 Å². The van der Waals surface area contributed by atoms with Crippen LogP contribution in [0.2, 0.25) is 0 Å². The molecule has 2 rings (SSSR count). The number of nitro groups is 1. The molecular weight excluding hydrogens is 344 g/mol. The number of nitrogens with one attached hydrogen (secondary N) is 1. The van der Waals surface area contributed by atoms with Crippen molar-refractivity contribution in [1.29, 1.82) is 0 Å². The maximum atomic E-state index is 12.7. The molecule has 0 unspecified atom stereocenters. The number of rotatable bonds is 9. The van der Waals surface area contributed by atoms with Gasteiger partial charge >= 0.3 is 0 Å². The minimum Gasteiger partial charge on any atom is -0.385 e. The number of non-ortho nitro benzene ring substituents is 1. The Balaban J connectivity index is 2.11. The van der Waals surface area contributed by atoms with Gasteiger partial charge in [-0.1, -0.05) is 11.2 Å². The van der Waals surface area contributed by atoms with E-state index in [9.17, 15) is 19.7 Å². The highest BCUT2D eigenvalue weighted by Crippen LogP contribution is 2.15. The highest BCUT2D eigenvalue weighted by Gasteiger charge is 2.21. The van der Waals surface area contributed by atoms with E-state index in [0.717, 1.165) is 0 Å². The fraction of sp³-hybridized carbons (Fsp3) is 0.312. The summed E-state index contributed by atoms with van der Waals surface area (Å²) in [5.41, 5.74) is -0.0643. The molecular formula is C16H18N4O6. The minimum atomic E-state index is -0.580. The lowest BCUT2D eigenvalue weighted by Crippen LogP contribution is -2.39. The van der Waals surface area contributed by atoms with Crippen molar-refractivity contribution >= 4 is 23.3 Å². The number of ether oxygens (including phenoxy) is 1. The molecule has 0 saturated heterocycles. The Morgan fingerprint density at radius 1 is 1.38 bits per heavy atom. The number of aromatic nitrogens is 1. The van der Waals surface area contributed by atoms with Crippen LogP contribution in [0.25, 0.3) is 0 Å². The molecule has 26 heavy (non-hydrogen) atoms. The molecule has 0 bridgehead atoms. The van der Waals surface area contributed by atoms with Gasteiger partial charge in [0.1, 0.15) is 12.8 Å². The number of hydrogen-bond acceptors (Lipinski definition) is 7. The zero-order valence-corrected chi connectivity index (χ0v) is 14.1. The van der Waals surface area contributed by atoms with Crippen molar-refractivity contribution in [3.8, 4) is 0 Å². The standard InChI is InChI=1S/C16H18N4O6/c1-25-8-3-7-19(11-15(21)17-14-6-9-26-18-14)16(22)12-4-2-5-13(10-12)20(23)24/h2,4-6,9-10H,3,7-8,11H2,1H3,(H,17,18,21). The predicted octanol–water partition coefficient (Wildman–Crippen LogP) is 1.70. The lowest BCUT2D eigenvalue weighted by atomic mass is 10.1. The first-order chi connectivity index (χ1) is 12.5. The Bertz CT molecular complexity index is 762. The second-order valence-electron chi connectivity index (χ2n) is 5.31. The number of benzene rings is 1. The molecule has 1 aromatic carbocycles. The van der Waals surface area contributed by atoms with Gasteiger partial charge in [-0.15, -0.1) is 0 Å². The SMILES string of the molecule is COCCCN(CC(=O)Nc1ccon1)C(=O)c1cccc([N+](=O)[O-])c1. The molecule has 1 aromatic heterocycles. The molecule has 0 aliphatic rings. The zero-order chi connectivity index (χ0) is 18.9. The summed E-state index contributed by atoms with van der Waals surface area (Å²) in [5, 5.41) is 17.0. The molecule has 10 nitrogen and oxygen atoms in total. The van der Waals surface area contributed by atoms with Gasteiger partial charge in [0.05, 0.1) is 4.92 Å². The smallest absolute Gasteiger partial charge is 0.270 e. The summed E-state index contributed by atoms with van der Waals surface area (Å²) in [6.07, 6.45) is 1.81. The number of hydrogen-bond donors (Lipinski definition) is 1. The van der Waals surface area contributed by atoms with Gasteiger partial charge in [0, 0.05) is 44.0 Å². The average Bonchev–Trinajstić information content (AvgIpc) is 3.13. The fourth-order valence-corrected chi connectivity index (χ4v) is 2.22. The van der Waals surface area contributed by atoms with Gasteiger partial charge < -0.3 is 19.5 Å². The van der Waals surface area contributed by atoms with E-state index in [0.29, 0.717) is 13.0 Å². The Hall–Kier alpha value is -3.27. The summed E-state index contributed by atoms with van der Waals surface area (Å²) in [4.78, 5) is 36.5. The van der Waals surface area contributed by atoms with Gasteiger partial charge in [0.25, 0.3) is 11.6 Å². The van der Waals surface area contributed by atoms with Gasteiger partial charge in [-0.3, -0.25) is 19.7 Å². The summed E-state index contributed by atoms with van der Waals surface area (Å²) in [7, 11) is 1.53. The highest BCUT2D eigenvalue weighted by molar-refractivity contribution is 5.99. The first-order valence-electron chi connectivity index (χ1n) is 7.74. The van der Waals surface area contributed by atoms with Crippen LogP contribution in [-0.4, -0.2) is 53.6 Å². The number of methoxy groups -OCH3 is 1. The van der Waals surface area contributed by atoms with Crippen molar-refractivity contribution in [1.82, 2.24) is 10.1 Å². The molecule has 2 aromatic rings. The lowest BCUT2D eigenvalue weighted by molar-refractivity contribution is -0.384. The second-order valence-corrected chi connectivity index (χ2v) is 5.31. The Labute approximate surface area is 148 Å². The van der Waals surface area contributed by atoms with E-state index in [2.05, 4.69) is 15.0 Å². The third-order valence-electron chi connectivity index (χ3n) is 3.41. The number of nitro benzene ring substituents is 1. The number of nitrogens with zero attached hydrogens (tertiary/aromatic N) is 3. The molecule has 0 aliphatic carbocycles. The quantitative estimate of drug-likeness (QED) is 0.408. The summed E-state index contributed by atoms with van der Waals surface area (Å²) in [6, 6.07) is 6.84. The van der Waals surface area contributed by atoms with Crippen molar-refractivity contribution < 1.29 is 23.8 Å². The van der Waals surface area contributed by atoms with Crippen LogP contribution < -0.4 is 5.32 Å². The topological polar surface area (TPSA) is 128 Å². The maximum absolute atomic E-state index is 12.7. The number of anilines is 1. The fourth-order valence-electron chi connectivity index (χ4n) is 2.22. The van der Waals surface area contributed by atoms with Crippen LogP contribution in [0.5, 0.6) is 0 Å². The lowest BCUT2D eigenvalue weighted by Gasteiger charge is -2.22. The number of carbonyl (C=O) groups is 2. The van der Waals surface area contributed by atoms with E-state index in [1.54, 1.807) is 0 Å². The summed E-state index contributed by atoms with van der Waals surface area (Å²) < 4.78 is 9.59. The van der Waals surface area contributed by atoms with Crippen LogP contribution in [0, 0.1) is 10.1 Å². The van der Waals surface area contributed by atoms with Crippen LogP contribution in [0.4, 0.5) is 11.5 Å². The van der Waals surface area contributed by atoms with Crippen LogP contribution >= 0.6 is 0 Å². The molecule has 0 atom stereocenters. The van der Waals surface area contributed by atoms with E-state index >= 15 is 0 Å². The molecule has 10 heteroatoms. The minimum absolute atomic E-state index is 0.130. The molecule has 0 spiro atoms. The van der Waals surface area contributed by atoms with Crippen LogP contribution in [0.3, 0.4) is 0 Å². The average molecular weight is 362 g/mol. The maximum Gasteiger partial charge on any atom is 0.270 e.